The standard InChI is InChI=1S/C12H14N2O4/c1-8(11(16)17)6-7-13-12(18)14-9-4-2-3-5-10(9)15/h2-5,15H,1,6-7H2,(H,16,17)(H2,13,14,18). The van der Waals surface area contributed by atoms with E-state index in [2.05, 4.69) is 17.2 Å². The maximum Gasteiger partial charge on any atom is 0.331 e. The number of para-hydroxylation sites is 2. The van der Waals surface area contributed by atoms with Gasteiger partial charge in [-0.05, 0) is 18.6 Å². The number of carboxylic acid groups (broad SMARTS) is 1. The number of carbonyl (C=O) groups excluding carboxylic acids is 1. The summed E-state index contributed by atoms with van der Waals surface area (Å²) in [6.45, 7) is 3.50. The summed E-state index contributed by atoms with van der Waals surface area (Å²) in [5.41, 5.74) is 0.310. The van der Waals surface area contributed by atoms with Crippen molar-refractivity contribution in [1.82, 2.24) is 5.32 Å². The summed E-state index contributed by atoms with van der Waals surface area (Å²) >= 11 is 0. The Hall–Kier alpha value is -2.50. The summed E-state index contributed by atoms with van der Waals surface area (Å²) in [6.07, 6.45) is 0.156. The quantitative estimate of drug-likeness (QED) is 0.470. The van der Waals surface area contributed by atoms with Gasteiger partial charge in [0.1, 0.15) is 5.75 Å². The summed E-state index contributed by atoms with van der Waals surface area (Å²) in [5, 5.41) is 22.9. The molecule has 0 aliphatic heterocycles. The molecule has 18 heavy (non-hydrogen) atoms. The van der Waals surface area contributed by atoms with Gasteiger partial charge in [-0.15, -0.1) is 0 Å². The molecule has 1 aromatic carbocycles. The number of phenols is 1. The maximum absolute atomic E-state index is 11.4. The highest BCUT2D eigenvalue weighted by Crippen LogP contribution is 2.20. The van der Waals surface area contributed by atoms with E-state index in [4.69, 9.17) is 5.11 Å². The molecule has 1 rings (SSSR count). The molecule has 0 bridgehead atoms. The first kappa shape index (κ1) is 13.6. The van der Waals surface area contributed by atoms with E-state index in [0.29, 0.717) is 0 Å². The largest absolute Gasteiger partial charge is 0.506 e. The summed E-state index contributed by atoms with van der Waals surface area (Å²) < 4.78 is 0. The molecule has 6 nitrogen and oxygen atoms in total. The van der Waals surface area contributed by atoms with Gasteiger partial charge >= 0.3 is 12.0 Å². The third-order valence-corrected chi connectivity index (χ3v) is 2.17. The second-order valence-electron chi connectivity index (χ2n) is 3.56. The number of carboxylic acids is 1. The van der Waals surface area contributed by atoms with Gasteiger partial charge in [-0.3, -0.25) is 0 Å². The summed E-state index contributed by atoms with van der Waals surface area (Å²) in [5.74, 6) is -1.12. The van der Waals surface area contributed by atoms with Gasteiger partial charge in [0.2, 0.25) is 0 Å². The molecule has 1 aromatic rings. The fourth-order valence-corrected chi connectivity index (χ4v) is 1.18. The first-order valence-electron chi connectivity index (χ1n) is 5.24. The van der Waals surface area contributed by atoms with Crippen LogP contribution in [0.3, 0.4) is 0 Å². The number of carbonyl (C=O) groups is 2. The van der Waals surface area contributed by atoms with Crippen LogP contribution in [0.1, 0.15) is 6.42 Å². The van der Waals surface area contributed by atoms with Crippen LogP contribution in [0.25, 0.3) is 0 Å². The Labute approximate surface area is 104 Å². The lowest BCUT2D eigenvalue weighted by Gasteiger charge is -2.08. The number of nitrogens with one attached hydrogen (secondary N) is 2. The molecule has 0 radical (unpaired) electrons. The van der Waals surface area contributed by atoms with Gasteiger partial charge in [-0.1, -0.05) is 18.7 Å². The number of aromatic hydroxyl groups is 1. The van der Waals surface area contributed by atoms with E-state index in [9.17, 15) is 14.7 Å². The summed E-state index contributed by atoms with van der Waals surface area (Å²) in [6, 6.07) is 5.78. The SMILES string of the molecule is C=C(CCNC(=O)Nc1ccccc1O)C(=O)O. The second kappa shape index (κ2) is 6.29. The van der Waals surface area contributed by atoms with Crippen molar-refractivity contribution in [2.75, 3.05) is 11.9 Å². The van der Waals surface area contributed by atoms with Crippen molar-refractivity contribution in [1.29, 1.82) is 0 Å². The molecular formula is C12H14N2O4. The first-order valence-corrected chi connectivity index (χ1v) is 5.24. The summed E-state index contributed by atoms with van der Waals surface area (Å²) in [4.78, 5) is 21.9. The van der Waals surface area contributed by atoms with Crippen molar-refractivity contribution < 1.29 is 19.8 Å². The highest BCUT2D eigenvalue weighted by molar-refractivity contribution is 5.91. The average Bonchev–Trinajstić information content (AvgIpc) is 2.32. The molecule has 0 fully saturated rings. The van der Waals surface area contributed by atoms with Crippen molar-refractivity contribution >= 4 is 17.7 Å². The van der Waals surface area contributed by atoms with Gasteiger partial charge in [0.15, 0.2) is 0 Å². The number of benzene rings is 1. The molecule has 0 aliphatic carbocycles. The van der Waals surface area contributed by atoms with E-state index in [1.807, 2.05) is 0 Å². The van der Waals surface area contributed by atoms with Crippen LogP contribution in [-0.2, 0) is 4.79 Å². The molecule has 4 N–H and O–H groups in total. The Morgan fingerprint density at radius 1 is 1.28 bits per heavy atom. The Morgan fingerprint density at radius 2 is 1.94 bits per heavy atom. The van der Waals surface area contributed by atoms with Gasteiger partial charge in [-0.25, -0.2) is 9.59 Å². The van der Waals surface area contributed by atoms with Gasteiger partial charge in [0.05, 0.1) is 5.69 Å². The van der Waals surface area contributed by atoms with Crippen LogP contribution in [0.5, 0.6) is 5.75 Å². The molecule has 0 heterocycles. The lowest BCUT2D eigenvalue weighted by molar-refractivity contribution is -0.132. The van der Waals surface area contributed by atoms with Gasteiger partial charge in [0, 0.05) is 12.1 Å². The number of hydrogen-bond donors (Lipinski definition) is 4. The van der Waals surface area contributed by atoms with E-state index < -0.39 is 12.0 Å². The third kappa shape index (κ3) is 4.17. The monoisotopic (exact) mass is 250 g/mol. The van der Waals surface area contributed by atoms with Crippen molar-refractivity contribution in [3.8, 4) is 5.75 Å². The topological polar surface area (TPSA) is 98.7 Å². The number of rotatable bonds is 5. The Balaban J connectivity index is 2.37. The molecule has 0 aromatic heterocycles. The van der Waals surface area contributed by atoms with Crippen LogP contribution in [0.4, 0.5) is 10.5 Å². The lowest BCUT2D eigenvalue weighted by atomic mass is 10.2. The average molecular weight is 250 g/mol. The Bertz CT molecular complexity index is 471. The zero-order valence-corrected chi connectivity index (χ0v) is 9.64. The van der Waals surface area contributed by atoms with E-state index in [-0.39, 0.29) is 30.0 Å². The number of aliphatic carboxylic acids is 1. The Morgan fingerprint density at radius 3 is 2.56 bits per heavy atom. The van der Waals surface area contributed by atoms with Crippen molar-refractivity contribution in [2.24, 2.45) is 0 Å². The predicted molar refractivity (Wildman–Crippen MR) is 66.5 cm³/mol. The molecular weight excluding hydrogens is 236 g/mol. The Kier molecular flexibility index (Phi) is 4.74. The molecule has 96 valence electrons. The molecule has 0 saturated heterocycles. The molecule has 2 amide bonds. The van der Waals surface area contributed by atoms with E-state index >= 15 is 0 Å². The highest BCUT2D eigenvalue weighted by Gasteiger charge is 2.06. The maximum atomic E-state index is 11.4. The number of hydrogen-bond acceptors (Lipinski definition) is 3. The van der Waals surface area contributed by atoms with Gasteiger partial charge < -0.3 is 20.8 Å². The first-order chi connectivity index (χ1) is 8.50. The van der Waals surface area contributed by atoms with Crippen LogP contribution in [0, 0.1) is 0 Å². The van der Waals surface area contributed by atoms with Crippen LogP contribution < -0.4 is 10.6 Å². The molecule has 0 atom stereocenters. The normalized spacial score (nSPS) is 9.56. The minimum absolute atomic E-state index is 0.0258. The van der Waals surface area contributed by atoms with Gasteiger partial charge in [0.25, 0.3) is 0 Å². The minimum Gasteiger partial charge on any atom is -0.506 e. The zero-order chi connectivity index (χ0) is 13.5. The minimum atomic E-state index is -1.09. The summed E-state index contributed by atoms with van der Waals surface area (Å²) in [7, 11) is 0. The molecule has 0 unspecified atom stereocenters. The van der Waals surface area contributed by atoms with Crippen LogP contribution >= 0.6 is 0 Å². The fraction of sp³-hybridized carbons (Fsp3) is 0.167. The van der Waals surface area contributed by atoms with Crippen LogP contribution in [0.2, 0.25) is 0 Å². The fourth-order valence-electron chi connectivity index (χ4n) is 1.18. The van der Waals surface area contributed by atoms with Crippen LogP contribution in [-0.4, -0.2) is 28.8 Å². The van der Waals surface area contributed by atoms with Crippen molar-refractivity contribution in [3.05, 3.63) is 36.4 Å². The third-order valence-electron chi connectivity index (χ3n) is 2.17. The zero-order valence-electron chi connectivity index (χ0n) is 9.64. The predicted octanol–water partition coefficient (Wildman–Crippen LogP) is 1.54. The van der Waals surface area contributed by atoms with E-state index in [0.717, 1.165) is 0 Å². The number of urea groups is 1. The molecule has 0 spiro atoms. The van der Waals surface area contributed by atoms with E-state index in [1.54, 1.807) is 18.2 Å². The molecule has 0 aliphatic rings. The highest BCUT2D eigenvalue weighted by atomic mass is 16.4. The van der Waals surface area contributed by atoms with E-state index in [1.165, 1.54) is 6.07 Å². The number of amides is 2. The number of anilines is 1. The molecule has 6 heteroatoms. The second-order valence-corrected chi connectivity index (χ2v) is 3.56. The smallest absolute Gasteiger partial charge is 0.331 e. The molecule has 0 saturated carbocycles. The lowest BCUT2D eigenvalue weighted by Crippen LogP contribution is -2.30. The van der Waals surface area contributed by atoms with Gasteiger partial charge in [-0.2, -0.15) is 0 Å². The van der Waals surface area contributed by atoms with Crippen LogP contribution in [0.15, 0.2) is 36.4 Å². The number of phenolic OH excluding ortho intramolecular Hbond substituents is 1. The van der Waals surface area contributed by atoms with Crippen molar-refractivity contribution in [2.45, 2.75) is 6.42 Å². The van der Waals surface area contributed by atoms with Crippen molar-refractivity contribution in [3.63, 3.8) is 0 Å².